The van der Waals surface area contributed by atoms with Gasteiger partial charge in [0.25, 0.3) is 0 Å². The third-order valence-corrected chi connectivity index (χ3v) is 4.29. The van der Waals surface area contributed by atoms with Crippen LogP contribution in [0.25, 0.3) is 0 Å². The molecule has 1 amide bonds. The molecule has 0 aromatic rings. The van der Waals surface area contributed by atoms with Crippen molar-refractivity contribution in [1.82, 2.24) is 10.2 Å². The highest BCUT2D eigenvalue weighted by molar-refractivity contribution is 5.83. The van der Waals surface area contributed by atoms with Crippen molar-refractivity contribution in [3.05, 3.63) is 0 Å². The number of rotatable bonds is 1. The van der Waals surface area contributed by atoms with Crippen LogP contribution in [0.5, 0.6) is 0 Å². The van der Waals surface area contributed by atoms with Gasteiger partial charge < -0.3 is 10.2 Å². The minimum absolute atomic E-state index is 0.0364. The van der Waals surface area contributed by atoms with E-state index in [1.807, 2.05) is 0 Å². The molecule has 0 aromatic carbocycles. The van der Waals surface area contributed by atoms with Crippen LogP contribution in [0.3, 0.4) is 0 Å². The van der Waals surface area contributed by atoms with E-state index in [1.54, 1.807) is 0 Å². The van der Waals surface area contributed by atoms with Gasteiger partial charge in [-0.1, -0.05) is 26.7 Å². The Morgan fingerprint density at radius 3 is 2.35 bits per heavy atom. The fraction of sp³-hybridized carbons (Fsp3) is 0.929. The summed E-state index contributed by atoms with van der Waals surface area (Å²) in [6.45, 7) is 7.37. The van der Waals surface area contributed by atoms with E-state index < -0.39 is 0 Å². The summed E-state index contributed by atoms with van der Waals surface area (Å²) < 4.78 is 0. The van der Waals surface area contributed by atoms with Crippen LogP contribution in [0.2, 0.25) is 0 Å². The van der Waals surface area contributed by atoms with E-state index in [1.165, 1.54) is 32.1 Å². The van der Waals surface area contributed by atoms with Crippen LogP contribution in [-0.4, -0.2) is 36.5 Å². The minimum atomic E-state index is 0.0364. The Hall–Kier alpha value is -0.570. The Morgan fingerprint density at radius 2 is 1.76 bits per heavy atom. The van der Waals surface area contributed by atoms with E-state index in [2.05, 4.69) is 24.1 Å². The largest absolute Gasteiger partial charge is 0.341 e. The van der Waals surface area contributed by atoms with Gasteiger partial charge in [0.2, 0.25) is 5.91 Å². The van der Waals surface area contributed by atoms with Crippen LogP contribution in [0.4, 0.5) is 0 Å². The van der Waals surface area contributed by atoms with Gasteiger partial charge in [0.15, 0.2) is 0 Å². The van der Waals surface area contributed by atoms with Crippen molar-refractivity contribution < 1.29 is 4.79 Å². The number of hydrogen-bond donors (Lipinski definition) is 1. The molecule has 3 nitrogen and oxygen atoms in total. The van der Waals surface area contributed by atoms with Crippen LogP contribution in [0.15, 0.2) is 0 Å². The Bertz CT molecular complexity index is 267. The number of amides is 1. The molecule has 2 aliphatic heterocycles. The third-order valence-electron chi connectivity index (χ3n) is 4.29. The first-order valence-corrected chi connectivity index (χ1v) is 7.13. The first kappa shape index (κ1) is 12.9. The van der Waals surface area contributed by atoms with Gasteiger partial charge in [-0.15, -0.1) is 0 Å². The topological polar surface area (TPSA) is 32.3 Å². The highest BCUT2D eigenvalue weighted by Crippen LogP contribution is 2.31. The zero-order chi connectivity index (χ0) is 12.3. The molecule has 2 fully saturated rings. The van der Waals surface area contributed by atoms with Gasteiger partial charge in [-0.05, 0) is 37.6 Å². The van der Waals surface area contributed by atoms with Crippen molar-refractivity contribution in [1.29, 1.82) is 0 Å². The lowest BCUT2D eigenvalue weighted by atomic mass is 9.77. The van der Waals surface area contributed by atoms with E-state index in [-0.39, 0.29) is 11.5 Å². The summed E-state index contributed by atoms with van der Waals surface area (Å²) in [5.41, 5.74) is 0.113. The maximum absolute atomic E-state index is 12.6. The van der Waals surface area contributed by atoms with Gasteiger partial charge in [-0.25, -0.2) is 0 Å². The van der Waals surface area contributed by atoms with Gasteiger partial charge >= 0.3 is 0 Å². The molecule has 0 saturated carbocycles. The van der Waals surface area contributed by atoms with E-state index in [0.717, 1.165) is 26.1 Å². The van der Waals surface area contributed by atoms with Crippen molar-refractivity contribution >= 4 is 5.91 Å². The molecule has 0 aromatic heterocycles. The highest BCUT2D eigenvalue weighted by atomic mass is 16.2. The van der Waals surface area contributed by atoms with Crippen molar-refractivity contribution in [2.75, 3.05) is 19.6 Å². The van der Waals surface area contributed by atoms with Crippen molar-refractivity contribution in [3.63, 3.8) is 0 Å². The van der Waals surface area contributed by atoms with Crippen molar-refractivity contribution in [2.24, 2.45) is 5.41 Å². The number of hydrogen-bond acceptors (Lipinski definition) is 2. The van der Waals surface area contributed by atoms with Gasteiger partial charge in [0.05, 0.1) is 6.04 Å². The van der Waals surface area contributed by atoms with Crippen LogP contribution >= 0.6 is 0 Å². The molecule has 0 spiro atoms. The fourth-order valence-electron chi connectivity index (χ4n) is 3.11. The molecular formula is C14H26N2O. The molecule has 2 rings (SSSR count). The molecule has 2 aliphatic rings. The standard InChI is InChI=1S/C14H26N2O/c1-14(2)8-7-9-15-12(14)13(17)16-10-5-3-4-6-11-16/h12,15H,3-11H2,1-2H3. The van der Waals surface area contributed by atoms with Gasteiger partial charge in [-0.2, -0.15) is 0 Å². The lowest BCUT2D eigenvalue weighted by Crippen LogP contribution is -2.56. The first-order valence-electron chi connectivity index (χ1n) is 7.13. The zero-order valence-electron chi connectivity index (χ0n) is 11.3. The number of piperidine rings is 1. The molecule has 0 radical (unpaired) electrons. The second-order valence-electron chi connectivity index (χ2n) is 6.22. The fourth-order valence-corrected chi connectivity index (χ4v) is 3.11. The number of carbonyl (C=O) groups is 1. The van der Waals surface area contributed by atoms with Crippen LogP contribution in [0, 0.1) is 5.41 Å². The lowest BCUT2D eigenvalue weighted by Gasteiger charge is -2.40. The summed E-state index contributed by atoms with van der Waals surface area (Å²) in [4.78, 5) is 14.7. The van der Waals surface area contributed by atoms with Gasteiger partial charge in [0.1, 0.15) is 0 Å². The number of carbonyl (C=O) groups excluding carboxylic acids is 1. The summed E-state index contributed by atoms with van der Waals surface area (Å²) in [6, 6.07) is 0.0364. The number of nitrogens with one attached hydrogen (secondary N) is 1. The van der Waals surface area contributed by atoms with Crippen LogP contribution < -0.4 is 5.32 Å². The minimum Gasteiger partial charge on any atom is -0.341 e. The van der Waals surface area contributed by atoms with Crippen molar-refractivity contribution in [3.8, 4) is 0 Å². The Morgan fingerprint density at radius 1 is 1.12 bits per heavy atom. The van der Waals surface area contributed by atoms with E-state index in [4.69, 9.17) is 0 Å². The monoisotopic (exact) mass is 238 g/mol. The van der Waals surface area contributed by atoms with Crippen molar-refractivity contribution in [2.45, 2.75) is 58.4 Å². The molecule has 17 heavy (non-hydrogen) atoms. The summed E-state index contributed by atoms with van der Waals surface area (Å²) in [5, 5.41) is 3.44. The van der Waals surface area contributed by atoms with Gasteiger partial charge in [-0.3, -0.25) is 4.79 Å². The molecule has 0 bridgehead atoms. The third kappa shape index (κ3) is 3.01. The molecule has 2 saturated heterocycles. The summed E-state index contributed by atoms with van der Waals surface area (Å²) in [6.07, 6.45) is 7.27. The predicted molar refractivity (Wildman–Crippen MR) is 69.9 cm³/mol. The molecule has 2 heterocycles. The Kier molecular flexibility index (Phi) is 4.08. The normalized spacial score (nSPS) is 29.8. The molecule has 1 unspecified atom stereocenters. The molecular weight excluding hydrogens is 212 g/mol. The number of likely N-dealkylation sites (tertiary alicyclic amines) is 1. The summed E-state index contributed by atoms with van der Waals surface area (Å²) >= 11 is 0. The maximum Gasteiger partial charge on any atom is 0.240 e. The quantitative estimate of drug-likeness (QED) is 0.759. The molecule has 3 heteroatoms. The SMILES string of the molecule is CC1(C)CCCNC1C(=O)N1CCCCCC1. The van der Waals surface area contributed by atoms with E-state index in [9.17, 15) is 4.79 Å². The zero-order valence-corrected chi connectivity index (χ0v) is 11.3. The second kappa shape index (κ2) is 5.38. The molecule has 98 valence electrons. The van der Waals surface area contributed by atoms with E-state index in [0.29, 0.717) is 5.91 Å². The average molecular weight is 238 g/mol. The second-order valence-corrected chi connectivity index (χ2v) is 6.22. The van der Waals surface area contributed by atoms with Crippen LogP contribution in [0.1, 0.15) is 52.4 Å². The first-order chi connectivity index (χ1) is 8.11. The Labute approximate surface area is 105 Å². The molecule has 1 atom stereocenters. The summed E-state index contributed by atoms with van der Waals surface area (Å²) in [7, 11) is 0. The predicted octanol–water partition coefficient (Wildman–Crippen LogP) is 2.17. The Balaban J connectivity index is 2.01. The van der Waals surface area contributed by atoms with Gasteiger partial charge in [0, 0.05) is 13.1 Å². The highest BCUT2D eigenvalue weighted by Gasteiger charge is 2.39. The lowest BCUT2D eigenvalue weighted by molar-refractivity contribution is -0.137. The van der Waals surface area contributed by atoms with E-state index >= 15 is 0 Å². The molecule has 0 aliphatic carbocycles. The maximum atomic E-state index is 12.6. The average Bonchev–Trinajstić information content (AvgIpc) is 2.56. The number of nitrogens with zero attached hydrogens (tertiary/aromatic N) is 1. The summed E-state index contributed by atoms with van der Waals surface area (Å²) in [5.74, 6) is 0.344. The smallest absolute Gasteiger partial charge is 0.240 e. The molecule has 1 N–H and O–H groups in total. The van der Waals surface area contributed by atoms with Crippen LogP contribution in [-0.2, 0) is 4.79 Å².